The number of hydrogen-bond donors (Lipinski definition) is 1. The lowest BCUT2D eigenvalue weighted by atomic mass is 10.1. The molecule has 1 aromatic heterocycles. The summed E-state index contributed by atoms with van der Waals surface area (Å²) in [6.45, 7) is 1.86. The Labute approximate surface area is 120 Å². The van der Waals surface area contributed by atoms with Crippen LogP contribution in [0.25, 0.3) is 0 Å². The Hall–Kier alpha value is -1.36. The van der Waals surface area contributed by atoms with Gasteiger partial charge >= 0.3 is 0 Å². The lowest BCUT2D eigenvalue weighted by Crippen LogP contribution is -2.44. The highest BCUT2D eigenvalue weighted by Crippen LogP contribution is 2.14. The van der Waals surface area contributed by atoms with Crippen LogP contribution >= 0.6 is 0 Å². The van der Waals surface area contributed by atoms with E-state index in [1.807, 2.05) is 23.9 Å². The van der Waals surface area contributed by atoms with Crippen LogP contribution in [0.15, 0.2) is 12.3 Å². The maximum absolute atomic E-state index is 11.4. The molecule has 0 aliphatic carbocycles. The van der Waals surface area contributed by atoms with E-state index in [2.05, 4.69) is 11.4 Å². The number of sulfonamides is 1. The summed E-state index contributed by atoms with van der Waals surface area (Å²) in [7, 11) is -1.20. The molecule has 20 heavy (non-hydrogen) atoms. The Kier molecular flexibility index (Phi) is 4.48. The van der Waals surface area contributed by atoms with E-state index in [0.717, 1.165) is 18.4 Å². The molecule has 1 saturated heterocycles. The van der Waals surface area contributed by atoms with Gasteiger partial charge in [-0.3, -0.25) is 0 Å². The molecule has 1 N–H and O–H groups in total. The van der Waals surface area contributed by atoms with Crippen LogP contribution in [0.2, 0.25) is 0 Å². The fourth-order valence-electron chi connectivity index (χ4n) is 2.49. The van der Waals surface area contributed by atoms with Crippen molar-refractivity contribution in [3.63, 3.8) is 0 Å². The average Bonchev–Trinajstić information content (AvgIpc) is 2.76. The summed E-state index contributed by atoms with van der Waals surface area (Å²) in [6, 6.07) is 4.34. The molecule has 0 saturated carbocycles. The minimum absolute atomic E-state index is 0.332. The smallest absolute Gasteiger partial charge is 0.211 e. The van der Waals surface area contributed by atoms with Gasteiger partial charge in [-0.05, 0) is 24.5 Å². The van der Waals surface area contributed by atoms with Crippen molar-refractivity contribution in [3.05, 3.63) is 23.5 Å². The van der Waals surface area contributed by atoms with Gasteiger partial charge in [-0.15, -0.1) is 0 Å². The Morgan fingerprint density at radius 1 is 1.45 bits per heavy atom. The van der Waals surface area contributed by atoms with Gasteiger partial charge < -0.3 is 9.88 Å². The Bertz CT molecular complexity index is 607. The molecule has 1 aromatic rings. The Balaban J connectivity index is 1.83. The van der Waals surface area contributed by atoms with Crippen molar-refractivity contribution in [1.82, 2.24) is 14.2 Å². The maximum atomic E-state index is 11.4. The van der Waals surface area contributed by atoms with Crippen LogP contribution < -0.4 is 5.32 Å². The lowest BCUT2D eigenvalue weighted by molar-refractivity contribution is 0.290. The Morgan fingerprint density at radius 3 is 2.60 bits per heavy atom. The van der Waals surface area contributed by atoms with Crippen LogP contribution in [0.3, 0.4) is 0 Å². The number of nitriles is 1. The number of nitrogens with zero attached hydrogens (tertiary/aromatic N) is 3. The molecule has 7 heteroatoms. The number of nitrogens with one attached hydrogen (secondary N) is 1. The molecule has 2 rings (SSSR count). The number of rotatable bonds is 4. The number of aromatic nitrogens is 1. The van der Waals surface area contributed by atoms with Gasteiger partial charge in [0.25, 0.3) is 0 Å². The van der Waals surface area contributed by atoms with E-state index in [1.165, 1.54) is 10.6 Å². The number of aryl methyl sites for hydroxylation is 1. The van der Waals surface area contributed by atoms with Crippen molar-refractivity contribution in [2.75, 3.05) is 19.3 Å². The molecule has 6 nitrogen and oxygen atoms in total. The van der Waals surface area contributed by atoms with Gasteiger partial charge in [-0.1, -0.05) is 0 Å². The minimum atomic E-state index is -3.06. The van der Waals surface area contributed by atoms with E-state index in [4.69, 9.17) is 5.26 Å². The molecule has 0 bridgehead atoms. The number of hydrogen-bond acceptors (Lipinski definition) is 4. The first-order chi connectivity index (χ1) is 9.40. The largest absolute Gasteiger partial charge is 0.342 e. The van der Waals surface area contributed by atoms with Gasteiger partial charge in [0.1, 0.15) is 11.8 Å². The summed E-state index contributed by atoms with van der Waals surface area (Å²) in [5, 5.41) is 12.3. The normalized spacial score (nSPS) is 18.1. The summed E-state index contributed by atoms with van der Waals surface area (Å²) >= 11 is 0. The molecule has 0 aromatic carbocycles. The lowest BCUT2D eigenvalue weighted by Gasteiger charge is -2.30. The third-order valence-corrected chi connectivity index (χ3v) is 5.00. The topological polar surface area (TPSA) is 78.1 Å². The van der Waals surface area contributed by atoms with Gasteiger partial charge in [-0.25, -0.2) is 12.7 Å². The fraction of sp³-hybridized carbons (Fsp3) is 0.615. The summed E-state index contributed by atoms with van der Waals surface area (Å²) in [6.07, 6.45) is 4.85. The molecule has 0 atom stereocenters. The summed E-state index contributed by atoms with van der Waals surface area (Å²) in [4.78, 5) is 0. The zero-order valence-corrected chi connectivity index (χ0v) is 12.7. The summed E-state index contributed by atoms with van der Waals surface area (Å²) < 4.78 is 26.2. The van der Waals surface area contributed by atoms with Crippen LogP contribution in [-0.2, 0) is 23.6 Å². The molecular weight excluding hydrogens is 276 g/mol. The standard InChI is InChI=1S/C13H20N4O2S/c1-16-10-11(7-13(16)8-14)9-15-12-3-5-17(6-4-12)20(2,18)19/h7,10,12,15H,3-6,9H2,1-2H3. The van der Waals surface area contributed by atoms with Crippen molar-refractivity contribution in [2.24, 2.45) is 7.05 Å². The van der Waals surface area contributed by atoms with Gasteiger partial charge in [0.2, 0.25) is 10.0 Å². The second kappa shape index (κ2) is 5.95. The second-order valence-corrected chi connectivity index (χ2v) is 7.26. The van der Waals surface area contributed by atoms with Gasteiger partial charge in [0, 0.05) is 38.9 Å². The highest BCUT2D eigenvalue weighted by atomic mass is 32.2. The van der Waals surface area contributed by atoms with E-state index in [0.29, 0.717) is 31.4 Å². The third kappa shape index (κ3) is 3.60. The predicted molar refractivity (Wildman–Crippen MR) is 76.4 cm³/mol. The molecule has 1 aliphatic rings. The van der Waals surface area contributed by atoms with Crippen molar-refractivity contribution < 1.29 is 8.42 Å². The molecular formula is C13H20N4O2S. The quantitative estimate of drug-likeness (QED) is 0.873. The van der Waals surface area contributed by atoms with Crippen LogP contribution in [0.4, 0.5) is 0 Å². The van der Waals surface area contributed by atoms with Crippen molar-refractivity contribution in [2.45, 2.75) is 25.4 Å². The summed E-state index contributed by atoms with van der Waals surface area (Å²) in [5.41, 5.74) is 1.73. The van der Waals surface area contributed by atoms with Crippen molar-refractivity contribution >= 4 is 10.0 Å². The van der Waals surface area contributed by atoms with Crippen molar-refractivity contribution in [1.29, 1.82) is 5.26 Å². The second-order valence-electron chi connectivity index (χ2n) is 5.27. The molecule has 0 amide bonds. The van der Waals surface area contributed by atoms with E-state index in [1.54, 1.807) is 0 Å². The highest BCUT2D eigenvalue weighted by Gasteiger charge is 2.24. The first kappa shape index (κ1) is 15.0. The molecule has 0 radical (unpaired) electrons. The van der Waals surface area contributed by atoms with Gasteiger partial charge in [-0.2, -0.15) is 5.26 Å². The van der Waals surface area contributed by atoms with Crippen LogP contribution in [0.5, 0.6) is 0 Å². The first-order valence-corrected chi connectivity index (χ1v) is 8.49. The molecule has 1 fully saturated rings. The van der Waals surface area contributed by atoms with E-state index in [-0.39, 0.29) is 0 Å². The van der Waals surface area contributed by atoms with Gasteiger partial charge in [0.15, 0.2) is 0 Å². The average molecular weight is 296 g/mol. The van der Waals surface area contributed by atoms with Crippen LogP contribution in [-0.4, -0.2) is 42.7 Å². The van der Waals surface area contributed by atoms with E-state index >= 15 is 0 Å². The molecule has 0 spiro atoms. The molecule has 1 aliphatic heterocycles. The summed E-state index contributed by atoms with van der Waals surface area (Å²) in [5.74, 6) is 0. The first-order valence-electron chi connectivity index (χ1n) is 6.64. The zero-order valence-electron chi connectivity index (χ0n) is 11.8. The molecule has 2 heterocycles. The zero-order chi connectivity index (χ0) is 14.8. The third-order valence-electron chi connectivity index (χ3n) is 3.69. The highest BCUT2D eigenvalue weighted by molar-refractivity contribution is 7.88. The fourth-order valence-corrected chi connectivity index (χ4v) is 3.37. The molecule has 0 unspecified atom stereocenters. The minimum Gasteiger partial charge on any atom is -0.342 e. The van der Waals surface area contributed by atoms with E-state index in [9.17, 15) is 8.42 Å². The van der Waals surface area contributed by atoms with Crippen LogP contribution in [0, 0.1) is 11.3 Å². The maximum Gasteiger partial charge on any atom is 0.211 e. The number of piperidine rings is 1. The van der Waals surface area contributed by atoms with Crippen molar-refractivity contribution in [3.8, 4) is 6.07 Å². The van der Waals surface area contributed by atoms with E-state index < -0.39 is 10.0 Å². The Morgan fingerprint density at radius 2 is 2.10 bits per heavy atom. The molecule has 110 valence electrons. The van der Waals surface area contributed by atoms with Crippen LogP contribution in [0.1, 0.15) is 24.1 Å². The SMILES string of the molecule is Cn1cc(CNC2CCN(S(C)(=O)=O)CC2)cc1C#N. The van der Waals surface area contributed by atoms with Gasteiger partial charge in [0.05, 0.1) is 6.26 Å². The monoisotopic (exact) mass is 296 g/mol. The predicted octanol–water partition coefficient (Wildman–Crippen LogP) is 0.410.